The van der Waals surface area contributed by atoms with Gasteiger partial charge >= 0.3 is 0 Å². The maximum Gasteiger partial charge on any atom is 0.128 e. The molecule has 1 aromatic rings. The fourth-order valence-corrected chi connectivity index (χ4v) is 1.16. The van der Waals surface area contributed by atoms with E-state index in [0.29, 0.717) is 5.56 Å². The lowest BCUT2D eigenvalue weighted by molar-refractivity contribution is 0.215. The van der Waals surface area contributed by atoms with Crippen molar-refractivity contribution in [2.75, 3.05) is 18.6 Å². The van der Waals surface area contributed by atoms with Crippen molar-refractivity contribution in [3.8, 4) is 0 Å². The van der Waals surface area contributed by atoms with Gasteiger partial charge in [0.05, 0.1) is 12.1 Å². The molecular weight excluding hydrogens is 204 g/mol. The molecule has 5 heteroatoms. The third kappa shape index (κ3) is 2.49. The van der Waals surface area contributed by atoms with E-state index in [-0.39, 0.29) is 18.0 Å². The average molecular weight is 222 g/mol. The van der Waals surface area contributed by atoms with Crippen LogP contribution in [0.2, 0.25) is 0 Å². The normalized spacial score (nSPS) is 11.2. The first-order chi connectivity index (χ1) is 7.38. The standard InChI is InChI=1S/C11H18N4O/c1-11(2,7-16)15(3)9-5-4-8(6-14-9)10(12)13/h4-6,16H,7H2,1-3H3,(H3,12,13). The molecule has 5 nitrogen and oxygen atoms in total. The van der Waals surface area contributed by atoms with Crippen LogP contribution in [0.15, 0.2) is 18.3 Å². The van der Waals surface area contributed by atoms with Gasteiger partial charge in [-0.15, -0.1) is 0 Å². The zero-order valence-corrected chi connectivity index (χ0v) is 9.86. The van der Waals surface area contributed by atoms with Crippen molar-refractivity contribution in [2.45, 2.75) is 19.4 Å². The largest absolute Gasteiger partial charge is 0.394 e. The summed E-state index contributed by atoms with van der Waals surface area (Å²) in [5.74, 6) is 0.743. The van der Waals surface area contributed by atoms with Crippen LogP contribution >= 0.6 is 0 Å². The minimum atomic E-state index is -0.370. The van der Waals surface area contributed by atoms with Crippen molar-refractivity contribution < 1.29 is 5.11 Å². The molecule has 1 aromatic heterocycles. The Labute approximate surface area is 95.4 Å². The van der Waals surface area contributed by atoms with Crippen LogP contribution in [0, 0.1) is 5.41 Å². The molecule has 0 aliphatic rings. The van der Waals surface area contributed by atoms with Crippen LogP contribution in [-0.4, -0.2) is 35.1 Å². The first-order valence-corrected chi connectivity index (χ1v) is 5.03. The number of nitrogens with one attached hydrogen (secondary N) is 1. The van der Waals surface area contributed by atoms with Crippen molar-refractivity contribution >= 4 is 11.7 Å². The number of aliphatic hydroxyl groups is 1. The molecule has 1 heterocycles. The van der Waals surface area contributed by atoms with Crippen molar-refractivity contribution in [2.24, 2.45) is 5.73 Å². The molecule has 0 fully saturated rings. The minimum Gasteiger partial charge on any atom is -0.394 e. The Morgan fingerprint density at radius 1 is 1.56 bits per heavy atom. The average Bonchev–Trinajstić information content (AvgIpc) is 2.28. The highest BCUT2D eigenvalue weighted by molar-refractivity contribution is 5.94. The van der Waals surface area contributed by atoms with E-state index >= 15 is 0 Å². The Bertz CT molecular complexity index is 372. The van der Waals surface area contributed by atoms with Gasteiger partial charge in [0.1, 0.15) is 11.7 Å². The van der Waals surface area contributed by atoms with Crippen molar-refractivity contribution in [3.63, 3.8) is 0 Å². The molecule has 1 rings (SSSR count). The molecule has 0 aliphatic carbocycles. The summed E-state index contributed by atoms with van der Waals surface area (Å²) >= 11 is 0. The van der Waals surface area contributed by atoms with Gasteiger partial charge in [0.15, 0.2) is 0 Å². The van der Waals surface area contributed by atoms with Gasteiger partial charge in [-0.1, -0.05) is 0 Å². The number of rotatable bonds is 4. The lowest BCUT2D eigenvalue weighted by atomic mass is 10.1. The van der Waals surface area contributed by atoms with Gasteiger partial charge < -0.3 is 15.7 Å². The zero-order valence-electron chi connectivity index (χ0n) is 9.86. The summed E-state index contributed by atoms with van der Waals surface area (Å²) in [5.41, 5.74) is 5.57. The van der Waals surface area contributed by atoms with E-state index in [1.54, 1.807) is 18.3 Å². The minimum absolute atomic E-state index is 0.00289. The lowest BCUT2D eigenvalue weighted by Gasteiger charge is -2.34. The number of pyridine rings is 1. The fourth-order valence-electron chi connectivity index (χ4n) is 1.16. The zero-order chi connectivity index (χ0) is 12.3. The second-order valence-corrected chi connectivity index (χ2v) is 4.35. The van der Waals surface area contributed by atoms with Crippen LogP contribution in [0.1, 0.15) is 19.4 Å². The van der Waals surface area contributed by atoms with Gasteiger partial charge in [0.2, 0.25) is 0 Å². The van der Waals surface area contributed by atoms with E-state index in [1.807, 2.05) is 25.8 Å². The Balaban J connectivity index is 2.94. The second-order valence-electron chi connectivity index (χ2n) is 4.35. The van der Waals surface area contributed by atoms with Crippen LogP contribution in [0.25, 0.3) is 0 Å². The van der Waals surface area contributed by atoms with E-state index in [9.17, 15) is 5.11 Å². The van der Waals surface area contributed by atoms with E-state index < -0.39 is 0 Å². The summed E-state index contributed by atoms with van der Waals surface area (Å²) < 4.78 is 0. The van der Waals surface area contributed by atoms with Crippen molar-refractivity contribution in [3.05, 3.63) is 23.9 Å². The van der Waals surface area contributed by atoms with Gasteiger partial charge in [-0.25, -0.2) is 4.98 Å². The number of aliphatic hydroxyl groups excluding tert-OH is 1. The van der Waals surface area contributed by atoms with Gasteiger partial charge in [0, 0.05) is 18.8 Å². The molecule has 0 bridgehead atoms. The second kappa shape index (κ2) is 4.49. The Kier molecular flexibility index (Phi) is 3.49. The lowest BCUT2D eigenvalue weighted by Crippen LogP contribution is -2.44. The Morgan fingerprint density at radius 2 is 2.19 bits per heavy atom. The highest BCUT2D eigenvalue weighted by atomic mass is 16.3. The maximum absolute atomic E-state index is 9.25. The van der Waals surface area contributed by atoms with Crippen LogP contribution in [0.3, 0.4) is 0 Å². The monoisotopic (exact) mass is 222 g/mol. The van der Waals surface area contributed by atoms with Crippen LogP contribution in [0.5, 0.6) is 0 Å². The Morgan fingerprint density at radius 3 is 2.56 bits per heavy atom. The molecule has 0 spiro atoms. The summed E-state index contributed by atoms with van der Waals surface area (Å²) in [4.78, 5) is 6.09. The first kappa shape index (κ1) is 12.4. The number of aromatic nitrogens is 1. The van der Waals surface area contributed by atoms with E-state index in [4.69, 9.17) is 11.1 Å². The first-order valence-electron chi connectivity index (χ1n) is 5.03. The van der Waals surface area contributed by atoms with Gasteiger partial charge in [0.25, 0.3) is 0 Å². The summed E-state index contributed by atoms with van der Waals surface area (Å²) in [6, 6.07) is 3.53. The number of hydrogen-bond acceptors (Lipinski definition) is 4. The summed E-state index contributed by atoms with van der Waals surface area (Å²) in [5, 5.41) is 16.5. The van der Waals surface area contributed by atoms with Gasteiger partial charge in [-0.3, -0.25) is 5.41 Å². The van der Waals surface area contributed by atoms with Crippen LogP contribution in [-0.2, 0) is 0 Å². The van der Waals surface area contributed by atoms with E-state index in [2.05, 4.69) is 4.98 Å². The number of amidine groups is 1. The summed E-state index contributed by atoms with van der Waals surface area (Å²) in [6.07, 6.45) is 1.56. The number of likely N-dealkylation sites (N-methyl/N-ethyl adjacent to an activating group) is 1. The molecule has 16 heavy (non-hydrogen) atoms. The molecule has 0 aromatic carbocycles. The molecule has 0 saturated heterocycles. The highest BCUT2D eigenvalue weighted by Gasteiger charge is 2.23. The van der Waals surface area contributed by atoms with E-state index in [0.717, 1.165) is 5.82 Å². The Hall–Kier alpha value is -1.62. The molecule has 4 N–H and O–H groups in total. The quantitative estimate of drug-likeness (QED) is 0.513. The smallest absolute Gasteiger partial charge is 0.128 e. The predicted octanol–water partition coefficient (Wildman–Crippen LogP) is 0.573. The SMILES string of the molecule is CN(c1ccc(C(=N)N)cn1)C(C)(C)CO. The molecule has 0 amide bonds. The third-order valence-corrected chi connectivity index (χ3v) is 2.70. The third-order valence-electron chi connectivity index (χ3n) is 2.70. The predicted molar refractivity (Wildman–Crippen MR) is 64.8 cm³/mol. The molecule has 0 aliphatic heterocycles. The number of nitrogens with two attached hydrogens (primary N) is 1. The molecule has 0 saturated carbocycles. The maximum atomic E-state index is 9.25. The van der Waals surface area contributed by atoms with E-state index in [1.165, 1.54) is 0 Å². The van der Waals surface area contributed by atoms with Gasteiger partial charge in [-0.05, 0) is 26.0 Å². The molecule has 0 unspecified atom stereocenters. The molecular formula is C11H18N4O. The number of hydrogen-bond donors (Lipinski definition) is 3. The molecule has 0 atom stereocenters. The van der Waals surface area contributed by atoms with Crippen LogP contribution < -0.4 is 10.6 Å². The molecule has 0 radical (unpaired) electrons. The number of nitrogen functional groups attached to an aromatic ring is 1. The summed E-state index contributed by atoms with van der Waals surface area (Å²) in [6.45, 7) is 3.89. The highest BCUT2D eigenvalue weighted by Crippen LogP contribution is 2.19. The van der Waals surface area contributed by atoms with Crippen molar-refractivity contribution in [1.82, 2.24) is 4.98 Å². The van der Waals surface area contributed by atoms with Crippen LogP contribution in [0.4, 0.5) is 5.82 Å². The fraction of sp³-hybridized carbons (Fsp3) is 0.455. The molecule has 88 valence electrons. The topological polar surface area (TPSA) is 86.2 Å². The number of nitrogens with zero attached hydrogens (tertiary/aromatic N) is 2. The van der Waals surface area contributed by atoms with Gasteiger partial charge in [-0.2, -0.15) is 0 Å². The number of anilines is 1. The van der Waals surface area contributed by atoms with Crippen molar-refractivity contribution in [1.29, 1.82) is 5.41 Å². The summed E-state index contributed by atoms with van der Waals surface area (Å²) in [7, 11) is 1.87.